The first-order chi connectivity index (χ1) is 12.6. The second kappa shape index (κ2) is 8.31. The molecule has 0 aliphatic heterocycles. The molecule has 1 aliphatic carbocycles. The number of allylic oxidation sites excluding steroid dienone is 4. The molecule has 0 amide bonds. The van der Waals surface area contributed by atoms with Gasteiger partial charge in [-0.25, -0.2) is 0 Å². The van der Waals surface area contributed by atoms with E-state index in [-0.39, 0.29) is 0 Å². The van der Waals surface area contributed by atoms with E-state index in [4.69, 9.17) is 0 Å². The number of benzene rings is 2. The van der Waals surface area contributed by atoms with E-state index in [0.717, 1.165) is 18.4 Å². The maximum absolute atomic E-state index is 12.4. The molecule has 1 atom stereocenters. The third-order valence-electron chi connectivity index (χ3n) is 5.31. The molecule has 0 fully saturated rings. The molecular weight excluding hydrogens is 316 g/mol. The van der Waals surface area contributed by atoms with Gasteiger partial charge in [-0.05, 0) is 43.4 Å². The molecule has 2 aromatic rings. The van der Waals surface area contributed by atoms with Gasteiger partial charge in [0.1, 0.15) is 5.78 Å². The molecule has 1 nitrogen and oxygen atoms in total. The van der Waals surface area contributed by atoms with E-state index in [1.807, 2.05) is 0 Å². The first kappa shape index (κ1) is 18.4. The van der Waals surface area contributed by atoms with E-state index in [9.17, 15) is 4.79 Å². The minimum atomic E-state index is 0.327. The third-order valence-corrected chi connectivity index (χ3v) is 5.31. The number of Topliss-reactive ketones (excluding diaryl/α,β-unsaturated/α-hetero) is 1. The molecule has 0 spiro atoms. The van der Waals surface area contributed by atoms with Crippen LogP contribution in [0.4, 0.5) is 0 Å². The number of ketones is 1. The summed E-state index contributed by atoms with van der Waals surface area (Å²) in [4.78, 5) is 12.4. The van der Waals surface area contributed by atoms with Gasteiger partial charge in [-0.1, -0.05) is 84.3 Å². The highest BCUT2D eigenvalue weighted by Crippen LogP contribution is 2.38. The lowest BCUT2D eigenvalue weighted by Gasteiger charge is -2.18. The Balaban J connectivity index is 1.57. The van der Waals surface area contributed by atoms with Crippen LogP contribution < -0.4 is 0 Å². The Morgan fingerprint density at radius 1 is 0.885 bits per heavy atom. The average molecular weight is 344 g/mol. The molecule has 0 radical (unpaired) electrons. The maximum Gasteiger partial charge on any atom is 0.137 e. The van der Waals surface area contributed by atoms with Crippen molar-refractivity contribution in [2.45, 2.75) is 46.5 Å². The van der Waals surface area contributed by atoms with Crippen LogP contribution in [0.5, 0.6) is 0 Å². The zero-order valence-electron chi connectivity index (χ0n) is 16.1. The van der Waals surface area contributed by atoms with Crippen molar-refractivity contribution in [3.05, 3.63) is 88.5 Å². The van der Waals surface area contributed by atoms with E-state index >= 15 is 0 Å². The van der Waals surface area contributed by atoms with Crippen molar-refractivity contribution >= 4 is 11.4 Å². The smallest absolute Gasteiger partial charge is 0.137 e. The summed E-state index contributed by atoms with van der Waals surface area (Å²) in [5.41, 5.74) is 7.74. The molecular formula is C25H28O. The predicted octanol–water partition coefficient (Wildman–Crippen LogP) is 6.25. The number of carbonyl (C=O) groups excluding carboxylic acids is 1. The monoisotopic (exact) mass is 344 g/mol. The highest BCUT2D eigenvalue weighted by molar-refractivity contribution is 5.81. The Labute approximate surface area is 157 Å². The van der Waals surface area contributed by atoms with Crippen molar-refractivity contribution in [3.63, 3.8) is 0 Å². The molecule has 1 heteroatoms. The van der Waals surface area contributed by atoms with Gasteiger partial charge in [-0.3, -0.25) is 4.79 Å². The zero-order chi connectivity index (χ0) is 18.5. The minimum absolute atomic E-state index is 0.327. The van der Waals surface area contributed by atoms with Crippen molar-refractivity contribution in [1.29, 1.82) is 0 Å². The van der Waals surface area contributed by atoms with E-state index < -0.39 is 0 Å². The number of hydrogen-bond donors (Lipinski definition) is 0. The Kier molecular flexibility index (Phi) is 5.88. The Morgan fingerprint density at radius 3 is 2.12 bits per heavy atom. The molecule has 134 valence electrons. The van der Waals surface area contributed by atoms with Gasteiger partial charge in [0.05, 0.1) is 0 Å². The summed E-state index contributed by atoms with van der Waals surface area (Å²) >= 11 is 0. The molecule has 0 bridgehead atoms. The van der Waals surface area contributed by atoms with Crippen molar-refractivity contribution in [2.24, 2.45) is 5.92 Å². The average Bonchev–Trinajstić information content (AvgIpc) is 3.05. The summed E-state index contributed by atoms with van der Waals surface area (Å²) < 4.78 is 0. The van der Waals surface area contributed by atoms with Gasteiger partial charge in [-0.15, -0.1) is 0 Å². The molecule has 2 aromatic carbocycles. The molecule has 1 aliphatic rings. The molecule has 0 saturated heterocycles. The number of carbonyl (C=O) groups is 1. The van der Waals surface area contributed by atoms with E-state index in [2.05, 4.69) is 81.5 Å². The topological polar surface area (TPSA) is 17.1 Å². The largest absolute Gasteiger partial charge is 0.299 e. The second-order valence-corrected chi connectivity index (χ2v) is 7.39. The number of rotatable bonds is 7. The first-order valence-corrected chi connectivity index (χ1v) is 9.61. The van der Waals surface area contributed by atoms with Crippen LogP contribution in [0.2, 0.25) is 0 Å². The van der Waals surface area contributed by atoms with Crippen LogP contribution in [0, 0.1) is 19.8 Å². The molecule has 3 rings (SSSR count). The Morgan fingerprint density at radius 2 is 1.50 bits per heavy atom. The van der Waals surface area contributed by atoms with Gasteiger partial charge in [-0.2, -0.15) is 0 Å². The summed E-state index contributed by atoms with van der Waals surface area (Å²) in [7, 11) is 0. The fourth-order valence-corrected chi connectivity index (χ4v) is 3.72. The highest BCUT2D eigenvalue weighted by Gasteiger charge is 2.22. The van der Waals surface area contributed by atoms with Crippen molar-refractivity contribution in [3.8, 4) is 0 Å². The highest BCUT2D eigenvalue weighted by atomic mass is 16.1. The van der Waals surface area contributed by atoms with Crippen LogP contribution >= 0.6 is 0 Å². The maximum atomic E-state index is 12.4. The molecule has 0 heterocycles. The Hall–Kier alpha value is -2.41. The third kappa shape index (κ3) is 4.40. The predicted molar refractivity (Wildman–Crippen MR) is 110 cm³/mol. The van der Waals surface area contributed by atoms with Crippen LogP contribution in [-0.4, -0.2) is 5.78 Å². The molecule has 0 N–H and O–H groups in total. The van der Waals surface area contributed by atoms with Crippen molar-refractivity contribution < 1.29 is 4.79 Å². The summed E-state index contributed by atoms with van der Waals surface area (Å²) in [6.07, 6.45) is 7.61. The zero-order valence-corrected chi connectivity index (χ0v) is 16.1. The first-order valence-electron chi connectivity index (χ1n) is 9.61. The van der Waals surface area contributed by atoms with Gasteiger partial charge in [0.2, 0.25) is 0 Å². The summed E-state index contributed by atoms with van der Waals surface area (Å²) in [6, 6.07) is 17.0. The lowest BCUT2D eigenvalue weighted by molar-refractivity contribution is -0.118. The van der Waals surface area contributed by atoms with Crippen molar-refractivity contribution in [2.75, 3.05) is 0 Å². The quantitative estimate of drug-likeness (QED) is 0.580. The van der Waals surface area contributed by atoms with Crippen LogP contribution in [0.25, 0.3) is 5.57 Å². The standard InChI is InChI=1S/C25H28O/c1-4-24-21(14-16-25(24)22-11-7-19(3)8-12-22)13-15-23(26)17-20-9-5-18(2)6-10-20/h5-12,14,16,24H,4,13,15,17H2,1-3H3. The van der Waals surface area contributed by atoms with Gasteiger partial charge < -0.3 is 0 Å². The van der Waals surface area contributed by atoms with Gasteiger partial charge in [0.15, 0.2) is 0 Å². The minimum Gasteiger partial charge on any atom is -0.299 e. The Bertz CT molecular complexity index is 819. The van der Waals surface area contributed by atoms with E-state index in [1.165, 1.54) is 27.8 Å². The summed E-state index contributed by atoms with van der Waals surface area (Å²) in [5, 5.41) is 0. The molecule has 1 unspecified atom stereocenters. The van der Waals surface area contributed by atoms with Gasteiger partial charge in [0, 0.05) is 18.8 Å². The van der Waals surface area contributed by atoms with E-state index in [1.54, 1.807) is 0 Å². The van der Waals surface area contributed by atoms with Crippen LogP contribution in [-0.2, 0) is 11.2 Å². The lowest BCUT2D eigenvalue weighted by Crippen LogP contribution is -2.07. The van der Waals surface area contributed by atoms with E-state index in [0.29, 0.717) is 24.5 Å². The number of aryl methyl sites for hydroxylation is 2. The molecule has 0 saturated carbocycles. The van der Waals surface area contributed by atoms with Gasteiger partial charge in [0.25, 0.3) is 0 Å². The van der Waals surface area contributed by atoms with Crippen LogP contribution in [0.1, 0.15) is 48.4 Å². The van der Waals surface area contributed by atoms with Crippen LogP contribution in [0.3, 0.4) is 0 Å². The summed E-state index contributed by atoms with van der Waals surface area (Å²) in [5.74, 6) is 0.776. The number of hydrogen-bond acceptors (Lipinski definition) is 1. The molecule has 26 heavy (non-hydrogen) atoms. The van der Waals surface area contributed by atoms with Gasteiger partial charge >= 0.3 is 0 Å². The lowest BCUT2D eigenvalue weighted by atomic mass is 9.86. The fraction of sp³-hybridized carbons (Fsp3) is 0.320. The summed E-state index contributed by atoms with van der Waals surface area (Å²) in [6.45, 7) is 6.43. The molecule has 0 aromatic heterocycles. The second-order valence-electron chi connectivity index (χ2n) is 7.39. The fourth-order valence-electron chi connectivity index (χ4n) is 3.72. The van der Waals surface area contributed by atoms with Crippen LogP contribution in [0.15, 0.2) is 66.3 Å². The normalized spacial score (nSPS) is 16.3. The SMILES string of the molecule is CCC1C(CCC(=O)Cc2ccc(C)cc2)=CC=C1c1ccc(C)cc1. The van der Waals surface area contributed by atoms with Crippen molar-refractivity contribution in [1.82, 2.24) is 0 Å².